The van der Waals surface area contributed by atoms with E-state index in [4.69, 9.17) is 23.2 Å². The van der Waals surface area contributed by atoms with Gasteiger partial charge in [-0.15, -0.1) is 0 Å². The van der Waals surface area contributed by atoms with Gasteiger partial charge in [-0.05, 0) is 31.0 Å². The van der Waals surface area contributed by atoms with Gasteiger partial charge in [0.1, 0.15) is 5.15 Å². The molecule has 0 bridgehead atoms. The lowest BCUT2D eigenvalue weighted by atomic mass is 10.1. The van der Waals surface area contributed by atoms with Crippen molar-refractivity contribution in [1.29, 1.82) is 0 Å². The van der Waals surface area contributed by atoms with Crippen LogP contribution < -0.4 is 5.32 Å². The average molecular weight is 366 g/mol. The molecular formula is C17H17Cl2N3O2. The van der Waals surface area contributed by atoms with Crippen LogP contribution in [0.4, 0.5) is 5.69 Å². The summed E-state index contributed by atoms with van der Waals surface area (Å²) in [6.07, 6.45) is 1.33. The van der Waals surface area contributed by atoms with E-state index in [0.717, 1.165) is 16.8 Å². The van der Waals surface area contributed by atoms with Crippen LogP contribution in [0.25, 0.3) is 0 Å². The van der Waals surface area contributed by atoms with Crippen molar-refractivity contribution >= 4 is 40.7 Å². The normalized spacial score (nSPS) is 10.4. The van der Waals surface area contributed by atoms with E-state index in [1.54, 1.807) is 0 Å². The third-order valence-corrected chi connectivity index (χ3v) is 4.20. The molecule has 0 aliphatic rings. The molecule has 5 nitrogen and oxygen atoms in total. The zero-order chi connectivity index (χ0) is 17.9. The molecule has 2 rings (SSSR count). The largest absolute Gasteiger partial charge is 0.332 e. The number of hydrogen-bond acceptors (Lipinski definition) is 3. The highest BCUT2D eigenvalue weighted by Gasteiger charge is 2.17. The summed E-state index contributed by atoms with van der Waals surface area (Å²) >= 11 is 11.6. The highest BCUT2D eigenvalue weighted by Crippen LogP contribution is 2.21. The minimum absolute atomic E-state index is 0.0904. The molecule has 0 fully saturated rings. The Bertz CT molecular complexity index is 773. The van der Waals surface area contributed by atoms with E-state index in [0.29, 0.717) is 0 Å². The number of benzene rings is 1. The molecule has 0 spiro atoms. The number of para-hydroxylation sites is 1. The van der Waals surface area contributed by atoms with E-state index in [-0.39, 0.29) is 34.1 Å². The molecule has 7 heteroatoms. The number of carbonyl (C=O) groups excluding carboxylic acids is 2. The molecule has 2 amide bonds. The highest BCUT2D eigenvalue weighted by molar-refractivity contribution is 6.41. The lowest BCUT2D eigenvalue weighted by Gasteiger charge is -2.18. The van der Waals surface area contributed by atoms with E-state index in [1.807, 2.05) is 32.0 Å². The first-order chi connectivity index (χ1) is 11.3. The van der Waals surface area contributed by atoms with Crippen molar-refractivity contribution < 1.29 is 9.59 Å². The predicted octanol–water partition coefficient (Wildman–Crippen LogP) is 3.72. The van der Waals surface area contributed by atoms with Crippen LogP contribution in [0.2, 0.25) is 10.2 Å². The van der Waals surface area contributed by atoms with Crippen molar-refractivity contribution in [2.75, 3.05) is 18.9 Å². The van der Waals surface area contributed by atoms with E-state index in [1.165, 1.54) is 24.2 Å². The lowest BCUT2D eigenvalue weighted by Crippen LogP contribution is -2.35. The maximum atomic E-state index is 12.3. The topological polar surface area (TPSA) is 62.3 Å². The van der Waals surface area contributed by atoms with Gasteiger partial charge in [-0.3, -0.25) is 9.59 Å². The quantitative estimate of drug-likeness (QED) is 0.839. The summed E-state index contributed by atoms with van der Waals surface area (Å²) in [5.41, 5.74) is 2.96. The maximum absolute atomic E-state index is 12.3. The Labute approximate surface area is 150 Å². The summed E-state index contributed by atoms with van der Waals surface area (Å²) in [5.74, 6) is -0.644. The molecule has 0 saturated carbocycles. The second kappa shape index (κ2) is 7.64. The van der Waals surface area contributed by atoms with Gasteiger partial charge in [0.15, 0.2) is 0 Å². The number of nitrogens with one attached hydrogen (secondary N) is 1. The fourth-order valence-electron chi connectivity index (χ4n) is 2.24. The molecule has 126 valence electrons. The van der Waals surface area contributed by atoms with Gasteiger partial charge in [-0.2, -0.15) is 0 Å². The molecule has 0 radical (unpaired) electrons. The molecule has 0 atom stereocenters. The Morgan fingerprint density at radius 3 is 2.42 bits per heavy atom. The van der Waals surface area contributed by atoms with Gasteiger partial charge in [-0.25, -0.2) is 4.98 Å². The number of likely N-dealkylation sites (N-methyl/N-ethyl adjacent to an activating group) is 1. The maximum Gasteiger partial charge on any atom is 0.255 e. The van der Waals surface area contributed by atoms with Crippen LogP contribution in [0.15, 0.2) is 30.5 Å². The van der Waals surface area contributed by atoms with Gasteiger partial charge in [0.25, 0.3) is 5.91 Å². The number of hydrogen-bond donors (Lipinski definition) is 1. The SMILES string of the molecule is Cc1cccc(C)c1NC(=O)CN(C)C(=O)c1cnc(Cl)c(Cl)c1. The van der Waals surface area contributed by atoms with Crippen LogP contribution in [-0.4, -0.2) is 35.3 Å². The molecule has 0 aliphatic carbocycles. The number of anilines is 1. The van der Waals surface area contributed by atoms with E-state index in [2.05, 4.69) is 10.3 Å². The predicted molar refractivity (Wildman–Crippen MR) is 95.8 cm³/mol. The molecule has 1 heterocycles. The summed E-state index contributed by atoms with van der Waals surface area (Å²) in [6.45, 7) is 3.74. The lowest BCUT2D eigenvalue weighted by molar-refractivity contribution is -0.116. The van der Waals surface area contributed by atoms with Crippen molar-refractivity contribution in [2.24, 2.45) is 0 Å². The molecule has 2 aromatic rings. The number of aryl methyl sites for hydroxylation is 2. The molecule has 1 aromatic carbocycles. The molecule has 0 aliphatic heterocycles. The molecule has 0 saturated heterocycles. The number of pyridine rings is 1. The number of nitrogens with zero attached hydrogens (tertiary/aromatic N) is 2. The minimum Gasteiger partial charge on any atom is -0.332 e. The van der Waals surface area contributed by atoms with Crippen LogP contribution >= 0.6 is 23.2 Å². The van der Waals surface area contributed by atoms with Gasteiger partial charge < -0.3 is 10.2 Å². The van der Waals surface area contributed by atoms with Gasteiger partial charge >= 0.3 is 0 Å². The van der Waals surface area contributed by atoms with Crippen molar-refractivity contribution in [3.05, 3.63) is 57.3 Å². The van der Waals surface area contributed by atoms with Gasteiger partial charge in [0.2, 0.25) is 5.91 Å². The molecule has 1 N–H and O–H groups in total. The van der Waals surface area contributed by atoms with E-state index >= 15 is 0 Å². The molecule has 0 unspecified atom stereocenters. The first-order valence-corrected chi connectivity index (χ1v) is 7.97. The highest BCUT2D eigenvalue weighted by atomic mass is 35.5. The van der Waals surface area contributed by atoms with E-state index < -0.39 is 0 Å². The standard InChI is InChI=1S/C17H17Cl2N3O2/c1-10-5-4-6-11(2)15(10)21-14(23)9-22(3)17(24)12-7-13(18)16(19)20-8-12/h4-8H,9H2,1-3H3,(H,21,23). The number of amides is 2. The third kappa shape index (κ3) is 4.24. The molecular weight excluding hydrogens is 349 g/mol. The monoisotopic (exact) mass is 365 g/mol. The first kappa shape index (κ1) is 18.2. The number of carbonyl (C=O) groups is 2. The summed E-state index contributed by atoms with van der Waals surface area (Å²) in [4.78, 5) is 29.7. The first-order valence-electron chi connectivity index (χ1n) is 7.22. The van der Waals surface area contributed by atoms with E-state index in [9.17, 15) is 9.59 Å². The third-order valence-electron chi connectivity index (χ3n) is 3.52. The Kier molecular flexibility index (Phi) is 5.80. The minimum atomic E-state index is -0.363. The zero-order valence-corrected chi connectivity index (χ0v) is 15.1. The second-order valence-corrected chi connectivity index (χ2v) is 6.24. The van der Waals surface area contributed by atoms with Gasteiger partial charge in [0, 0.05) is 18.9 Å². The van der Waals surface area contributed by atoms with Gasteiger partial charge in [0.05, 0.1) is 17.1 Å². The Balaban J connectivity index is 2.05. The number of halogens is 2. The molecule has 1 aromatic heterocycles. The Morgan fingerprint density at radius 2 is 1.83 bits per heavy atom. The zero-order valence-electron chi connectivity index (χ0n) is 13.6. The van der Waals surface area contributed by atoms with Crippen LogP contribution in [0.3, 0.4) is 0 Å². The van der Waals surface area contributed by atoms with Crippen molar-refractivity contribution in [1.82, 2.24) is 9.88 Å². The molecule has 24 heavy (non-hydrogen) atoms. The van der Waals surface area contributed by atoms with Crippen LogP contribution in [0, 0.1) is 13.8 Å². The van der Waals surface area contributed by atoms with Crippen molar-refractivity contribution in [2.45, 2.75) is 13.8 Å². The van der Waals surface area contributed by atoms with Crippen molar-refractivity contribution in [3.8, 4) is 0 Å². The number of aromatic nitrogens is 1. The smallest absolute Gasteiger partial charge is 0.255 e. The average Bonchev–Trinajstić information content (AvgIpc) is 2.53. The van der Waals surface area contributed by atoms with Crippen LogP contribution in [0.5, 0.6) is 0 Å². The Hall–Kier alpha value is -2.11. The second-order valence-electron chi connectivity index (χ2n) is 5.47. The van der Waals surface area contributed by atoms with Crippen LogP contribution in [0.1, 0.15) is 21.5 Å². The summed E-state index contributed by atoms with van der Waals surface area (Å²) in [6, 6.07) is 7.18. The summed E-state index contributed by atoms with van der Waals surface area (Å²) in [5, 5.41) is 3.16. The van der Waals surface area contributed by atoms with Crippen molar-refractivity contribution in [3.63, 3.8) is 0 Å². The Morgan fingerprint density at radius 1 is 1.21 bits per heavy atom. The number of rotatable bonds is 4. The fourth-order valence-corrected chi connectivity index (χ4v) is 2.51. The summed E-state index contributed by atoms with van der Waals surface area (Å²) in [7, 11) is 1.54. The summed E-state index contributed by atoms with van der Waals surface area (Å²) < 4.78 is 0. The fraction of sp³-hybridized carbons (Fsp3) is 0.235. The van der Waals surface area contributed by atoms with Crippen LogP contribution in [-0.2, 0) is 4.79 Å². The van der Waals surface area contributed by atoms with Gasteiger partial charge in [-0.1, -0.05) is 41.4 Å².